The lowest BCUT2D eigenvalue weighted by Crippen LogP contribution is -2.41. The van der Waals surface area contributed by atoms with Gasteiger partial charge in [-0.1, -0.05) is 30.7 Å². The number of thiophene rings is 1. The van der Waals surface area contributed by atoms with Crippen LogP contribution in [0.1, 0.15) is 30.4 Å². The molecule has 1 fully saturated rings. The van der Waals surface area contributed by atoms with Crippen LogP contribution in [0.2, 0.25) is 0 Å². The summed E-state index contributed by atoms with van der Waals surface area (Å²) in [5.74, 6) is 0.231. The van der Waals surface area contributed by atoms with Gasteiger partial charge in [-0.25, -0.2) is 0 Å². The Morgan fingerprint density at radius 2 is 1.96 bits per heavy atom. The molecule has 2 aromatic heterocycles. The fraction of sp³-hybridized carbons (Fsp3) is 0.261. The van der Waals surface area contributed by atoms with Crippen LogP contribution in [0, 0.1) is 6.92 Å². The van der Waals surface area contributed by atoms with E-state index in [-0.39, 0.29) is 16.7 Å². The zero-order chi connectivity index (χ0) is 19.5. The van der Waals surface area contributed by atoms with Gasteiger partial charge in [0, 0.05) is 28.3 Å². The molecule has 0 saturated heterocycles. The first-order chi connectivity index (χ1) is 13.5. The molecule has 0 atom stereocenters. The van der Waals surface area contributed by atoms with Crippen LogP contribution in [0.25, 0.3) is 32.1 Å². The maximum atomic E-state index is 12.4. The second kappa shape index (κ2) is 6.19. The molecule has 4 nitrogen and oxygen atoms in total. The van der Waals surface area contributed by atoms with Crippen LogP contribution in [0.4, 0.5) is 0 Å². The summed E-state index contributed by atoms with van der Waals surface area (Å²) < 4.78 is 0.687. The van der Waals surface area contributed by atoms with Crippen molar-refractivity contribution in [3.05, 3.63) is 63.3 Å². The van der Waals surface area contributed by atoms with Crippen LogP contribution in [-0.2, 0) is 5.41 Å². The first kappa shape index (κ1) is 17.5. The molecule has 0 radical (unpaired) electrons. The Kier molecular flexibility index (Phi) is 3.86. The smallest absolute Gasteiger partial charge is 0.266 e. The van der Waals surface area contributed by atoms with E-state index in [1.165, 1.54) is 23.3 Å². The number of nitrogens with one attached hydrogen (secondary N) is 1. The fourth-order valence-corrected chi connectivity index (χ4v) is 5.37. The number of hydrogen-bond donors (Lipinski definition) is 3. The molecule has 4 N–H and O–H groups in total. The van der Waals surface area contributed by atoms with Gasteiger partial charge in [-0.15, -0.1) is 11.3 Å². The maximum Gasteiger partial charge on any atom is 0.266 e. The molecule has 5 heteroatoms. The lowest BCUT2D eigenvalue weighted by Gasteiger charge is -2.41. The minimum absolute atomic E-state index is 0.0811. The van der Waals surface area contributed by atoms with E-state index in [1.54, 1.807) is 6.07 Å². The summed E-state index contributed by atoms with van der Waals surface area (Å²) >= 11 is 1.42. The molecule has 2 heterocycles. The van der Waals surface area contributed by atoms with Crippen LogP contribution < -0.4 is 11.3 Å². The fourth-order valence-electron chi connectivity index (χ4n) is 4.58. The van der Waals surface area contributed by atoms with Crippen molar-refractivity contribution in [3.63, 3.8) is 0 Å². The number of rotatable bonds is 3. The summed E-state index contributed by atoms with van der Waals surface area (Å²) in [7, 11) is 0. The molecule has 0 unspecified atom stereocenters. The first-order valence-corrected chi connectivity index (χ1v) is 10.5. The zero-order valence-corrected chi connectivity index (χ0v) is 16.5. The zero-order valence-electron chi connectivity index (χ0n) is 15.7. The van der Waals surface area contributed by atoms with Gasteiger partial charge < -0.3 is 15.8 Å². The monoisotopic (exact) mass is 390 g/mol. The van der Waals surface area contributed by atoms with Crippen molar-refractivity contribution in [3.8, 4) is 16.9 Å². The third-order valence-corrected chi connectivity index (χ3v) is 7.28. The SMILES string of the molecule is Cc1cc(O)c(-c2ccc(C3(CN)CCC3)cc2)c2c1[nH]c(=O)c1sccc12. The average molecular weight is 391 g/mol. The minimum atomic E-state index is -0.0811. The van der Waals surface area contributed by atoms with Crippen molar-refractivity contribution >= 4 is 32.3 Å². The van der Waals surface area contributed by atoms with Gasteiger partial charge in [0.2, 0.25) is 0 Å². The number of benzene rings is 2. The highest BCUT2D eigenvalue weighted by atomic mass is 32.1. The number of hydrogen-bond acceptors (Lipinski definition) is 4. The first-order valence-electron chi connectivity index (χ1n) is 9.61. The number of H-pyrrole nitrogens is 1. The largest absolute Gasteiger partial charge is 0.507 e. The van der Waals surface area contributed by atoms with E-state index in [4.69, 9.17) is 5.73 Å². The number of aryl methyl sites for hydroxylation is 1. The molecule has 28 heavy (non-hydrogen) atoms. The summed E-state index contributed by atoms with van der Waals surface area (Å²) in [6, 6.07) is 12.1. The number of fused-ring (bicyclic) bond motifs is 3. The van der Waals surface area contributed by atoms with E-state index >= 15 is 0 Å². The lowest BCUT2D eigenvalue weighted by atomic mass is 9.64. The van der Waals surface area contributed by atoms with Crippen LogP contribution >= 0.6 is 11.3 Å². The van der Waals surface area contributed by atoms with Crippen molar-refractivity contribution in [2.45, 2.75) is 31.6 Å². The van der Waals surface area contributed by atoms with Gasteiger partial charge in [0.15, 0.2) is 0 Å². The molecule has 1 saturated carbocycles. The number of aromatic hydroxyl groups is 1. The summed E-state index contributed by atoms with van der Waals surface area (Å²) in [6.07, 6.45) is 3.50. The Morgan fingerprint density at radius 3 is 2.61 bits per heavy atom. The second-order valence-corrected chi connectivity index (χ2v) is 8.79. The molecule has 1 aliphatic rings. The van der Waals surface area contributed by atoms with E-state index in [2.05, 4.69) is 29.2 Å². The van der Waals surface area contributed by atoms with E-state index in [9.17, 15) is 9.90 Å². The highest BCUT2D eigenvalue weighted by Crippen LogP contribution is 2.45. The van der Waals surface area contributed by atoms with Gasteiger partial charge in [-0.3, -0.25) is 4.79 Å². The Bertz CT molecular complexity index is 1260. The molecular formula is C23H22N2O2S. The predicted molar refractivity (Wildman–Crippen MR) is 116 cm³/mol. The van der Waals surface area contributed by atoms with Crippen molar-refractivity contribution in [2.24, 2.45) is 5.73 Å². The molecule has 142 valence electrons. The average Bonchev–Trinajstić information content (AvgIpc) is 3.14. The third kappa shape index (κ3) is 2.36. The van der Waals surface area contributed by atoms with E-state index in [0.717, 1.165) is 45.8 Å². The quantitative estimate of drug-likeness (QED) is 0.470. The summed E-state index contributed by atoms with van der Waals surface area (Å²) in [5, 5.41) is 14.5. The standard InChI is InChI=1S/C23H22N2O2S/c1-13-11-17(26)18(19-16-7-10-28-21(16)22(27)25-20(13)19)14-3-5-15(6-4-14)23(12-24)8-2-9-23/h3-7,10-11,26H,2,8-9,12,24H2,1H3,(H,25,27). The molecule has 0 spiro atoms. The second-order valence-electron chi connectivity index (χ2n) is 7.87. The molecule has 0 bridgehead atoms. The van der Waals surface area contributed by atoms with Gasteiger partial charge in [-0.2, -0.15) is 0 Å². The summed E-state index contributed by atoms with van der Waals surface area (Å²) in [6.45, 7) is 2.58. The number of pyridine rings is 1. The molecule has 1 aliphatic carbocycles. The predicted octanol–water partition coefficient (Wildman–Crippen LogP) is 4.80. The third-order valence-electron chi connectivity index (χ3n) is 6.37. The van der Waals surface area contributed by atoms with Crippen molar-refractivity contribution in [1.82, 2.24) is 4.98 Å². The number of nitrogens with two attached hydrogens (primary N) is 1. The topological polar surface area (TPSA) is 79.1 Å². The van der Waals surface area contributed by atoms with Crippen LogP contribution in [0.3, 0.4) is 0 Å². The van der Waals surface area contributed by atoms with Gasteiger partial charge in [-0.05, 0) is 54.0 Å². The number of aromatic amines is 1. The van der Waals surface area contributed by atoms with Crippen molar-refractivity contribution in [2.75, 3.05) is 6.54 Å². The molecule has 0 amide bonds. The van der Waals surface area contributed by atoms with Crippen molar-refractivity contribution in [1.29, 1.82) is 0 Å². The molecule has 2 aromatic carbocycles. The van der Waals surface area contributed by atoms with Crippen molar-refractivity contribution < 1.29 is 5.11 Å². The minimum Gasteiger partial charge on any atom is -0.507 e. The maximum absolute atomic E-state index is 12.4. The van der Waals surface area contributed by atoms with Crippen LogP contribution in [-0.4, -0.2) is 16.6 Å². The summed E-state index contributed by atoms with van der Waals surface area (Å²) in [5.41, 5.74) is 10.7. The lowest BCUT2D eigenvalue weighted by molar-refractivity contribution is 0.253. The van der Waals surface area contributed by atoms with E-state index < -0.39 is 0 Å². The Labute approximate surface area is 166 Å². The van der Waals surface area contributed by atoms with Gasteiger partial charge in [0.25, 0.3) is 5.56 Å². The van der Waals surface area contributed by atoms with Gasteiger partial charge >= 0.3 is 0 Å². The van der Waals surface area contributed by atoms with Crippen LogP contribution in [0.15, 0.2) is 46.6 Å². The normalized spacial score (nSPS) is 15.8. The summed E-state index contributed by atoms with van der Waals surface area (Å²) in [4.78, 5) is 15.5. The molecule has 5 rings (SSSR count). The Hall–Kier alpha value is -2.63. The molecule has 4 aromatic rings. The number of phenolic OH excluding ortho intramolecular Hbond substituents is 1. The Balaban J connectivity index is 1.77. The van der Waals surface area contributed by atoms with Gasteiger partial charge in [0.05, 0.1) is 5.52 Å². The number of aromatic nitrogens is 1. The van der Waals surface area contributed by atoms with E-state index in [0.29, 0.717) is 11.2 Å². The highest BCUT2D eigenvalue weighted by Gasteiger charge is 2.37. The highest BCUT2D eigenvalue weighted by molar-refractivity contribution is 7.17. The van der Waals surface area contributed by atoms with Gasteiger partial charge in [0.1, 0.15) is 10.4 Å². The molecular weight excluding hydrogens is 368 g/mol. The van der Waals surface area contributed by atoms with Crippen LogP contribution in [0.5, 0.6) is 5.75 Å². The molecule has 0 aliphatic heterocycles. The number of phenols is 1. The van der Waals surface area contributed by atoms with E-state index in [1.807, 2.05) is 18.4 Å². The Morgan fingerprint density at radius 1 is 1.21 bits per heavy atom.